The van der Waals surface area contributed by atoms with Crippen LogP contribution in [0.5, 0.6) is 0 Å². The SMILES string of the molecule is CS(=O)(=O)NCCNCc1ccc(-c2ccc(F)cc2)o1. The van der Waals surface area contributed by atoms with Crippen molar-refractivity contribution in [3.63, 3.8) is 0 Å². The summed E-state index contributed by atoms with van der Waals surface area (Å²) < 4.78 is 42.6. The fourth-order valence-electron chi connectivity index (χ4n) is 1.78. The molecule has 0 aliphatic rings. The van der Waals surface area contributed by atoms with Crippen molar-refractivity contribution in [2.75, 3.05) is 19.3 Å². The highest BCUT2D eigenvalue weighted by molar-refractivity contribution is 7.88. The summed E-state index contributed by atoms with van der Waals surface area (Å²) in [5.41, 5.74) is 0.807. The smallest absolute Gasteiger partial charge is 0.208 e. The summed E-state index contributed by atoms with van der Waals surface area (Å²) >= 11 is 0. The zero-order valence-corrected chi connectivity index (χ0v) is 12.4. The van der Waals surface area contributed by atoms with Gasteiger partial charge in [0, 0.05) is 18.7 Å². The van der Waals surface area contributed by atoms with E-state index in [1.807, 2.05) is 12.1 Å². The molecule has 0 saturated heterocycles. The number of furan rings is 1. The van der Waals surface area contributed by atoms with Gasteiger partial charge in [0.1, 0.15) is 17.3 Å². The van der Waals surface area contributed by atoms with Crippen LogP contribution in [-0.4, -0.2) is 27.8 Å². The Balaban J connectivity index is 1.82. The molecule has 21 heavy (non-hydrogen) atoms. The van der Waals surface area contributed by atoms with Gasteiger partial charge in [-0.05, 0) is 36.4 Å². The van der Waals surface area contributed by atoms with Crippen LogP contribution in [-0.2, 0) is 16.6 Å². The highest BCUT2D eigenvalue weighted by atomic mass is 32.2. The summed E-state index contributed by atoms with van der Waals surface area (Å²) in [6.07, 6.45) is 1.12. The molecule has 0 spiro atoms. The molecule has 0 amide bonds. The lowest BCUT2D eigenvalue weighted by atomic mass is 10.2. The molecular weight excluding hydrogens is 295 g/mol. The van der Waals surface area contributed by atoms with Gasteiger partial charge in [0.05, 0.1) is 12.8 Å². The van der Waals surface area contributed by atoms with Gasteiger partial charge in [0.2, 0.25) is 10.0 Å². The number of sulfonamides is 1. The molecule has 0 fully saturated rings. The first-order valence-corrected chi connectivity index (χ1v) is 8.33. The fraction of sp³-hybridized carbons (Fsp3) is 0.286. The molecular formula is C14H17FN2O3S. The molecule has 1 heterocycles. The lowest BCUT2D eigenvalue weighted by Crippen LogP contribution is -2.30. The molecule has 114 valence electrons. The first kappa shape index (κ1) is 15.7. The second-order valence-corrected chi connectivity index (χ2v) is 6.45. The maximum Gasteiger partial charge on any atom is 0.208 e. The minimum absolute atomic E-state index is 0.287. The number of rotatable bonds is 7. The van der Waals surface area contributed by atoms with Crippen LogP contribution in [0.3, 0.4) is 0 Å². The Bertz CT molecular complexity index is 680. The number of nitrogens with one attached hydrogen (secondary N) is 2. The maximum atomic E-state index is 12.8. The van der Waals surface area contributed by atoms with Crippen molar-refractivity contribution in [1.82, 2.24) is 10.0 Å². The maximum absolute atomic E-state index is 12.8. The molecule has 0 saturated carbocycles. The van der Waals surface area contributed by atoms with Crippen LogP contribution in [0.2, 0.25) is 0 Å². The summed E-state index contributed by atoms with van der Waals surface area (Å²) in [7, 11) is -3.15. The molecule has 0 aliphatic heterocycles. The largest absolute Gasteiger partial charge is 0.460 e. The molecule has 1 aromatic carbocycles. The third kappa shape index (κ3) is 5.30. The van der Waals surface area contributed by atoms with E-state index in [0.717, 1.165) is 17.6 Å². The lowest BCUT2D eigenvalue weighted by molar-refractivity contribution is 0.493. The van der Waals surface area contributed by atoms with Crippen molar-refractivity contribution >= 4 is 10.0 Å². The number of halogens is 1. The van der Waals surface area contributed by atoms with Crippen molar-refractivity contribution in [3.05, 3.63) is 48.0 Å². The van der Waals surface area contributed by atoms with Crippen molar-refractivity contribution in [2.24, 2.45) is 0 Å². The molecule has 0 atom stereocenters. The molecule has 0 radical (unpaired) electrons. The quantitative estimate of drug-likeness (QED) is 0.764. The minimum atomic E-state index is -3.15. The van der Waals surface area contributed by atoms with Gasteiger partial charge in [-0.1, -0.05) is 0 Å². The van der Waals surface area contributed by atoms with E-state index in [-0.39, 0.29) is 5.82 Å². The van der Waals surface area contributed by atoms with Gasteiger partial charge in [0.25, 0.3) is 0 Å². The molecule has 2 N–H and O–H groups in total. The van der Waals surface area contributed by atoms with Crippen molar-refractivity contribution in [2.45, 2.75) is 6.54 Å². The van der Waals surface area contributed by atoms with Crippen LogP contribution in [0.4, 0.5) is 4.39 Å². The van der Waals surface area contributed by atoms with E-state index >= 15 is 0 Å². The average molecular weight is 312 g/mol. The number of benzene rings is 1. The average Bonchev–Trinajstić information content (AvgIpc) is 2.87. The topological polar surface area (TPSA) is 71.3 Å². The summed E-state index contributed by atoms with van der Waals surface area (Å²) in [6, 6.07) is 9.72. The van der Waals surface area contributed by atoms with E-state index in [1.54, 1.807) is 12.1 Å². The second-order valence-electron chi connectivity index (χ2n) is 4.62. The summed E-state index contributed by atoms with van der Waals surface area (Å²) in [5, 5.41) is 3.07. The van der Waals surface area contributed by atoms with Crippen LogP contribution in [0.1, 0.15) is 5.76 Å². The van der Waals surface area contributed by atoms with E-state index in [9.17, 15) is 12.8 Å². The Labute approximate surface area is 123 Å². The zero-order chi connectivity index (χ0) is 15.3. The van der Waals surface area contributed by atoms with Crippen molar-refractivity contribution < 1.29 is 17.2 Å². The normalized spacial score (nSPS) is 11.7. The molecule has 1 aromatic heterocycles. The summed E-state index contributed by atoms with van der Waals surface area (Å²) in [4.78, 5) is 0. The molecule has 5 nitrogen and oxygen atoms in total. The third-order valence-corrected chi connectivity index (χ3v) is 3.48. The van der Waals surface area contributed by atoms with Crippen molar-refractivity contribution in [1.29, 1.82) is 0 Å². The minimum Gasteiger partial charge on any atom is -0.460 e. The Kier molecular flexibility index (Phi) is 5.11. The Morgan fingerprint density at radius 3 is 2.48 bits per heavy atom. The zero-order valence-electron chi connectivity index (χ0n) is 11.6. The molecule has 7 heteroatoms. The summed E-state index contributed by atoms with van der Waals surface area (Å²) in [6.45, 7) is 1.32. The Hall–Kier alpha value is -1.70. The number of hydrogen-bond donors (Lipinski definition) is 2. The van der Waals surface area contributed by atoms with Crippen LogP contribution < -0.4 is 10.0 Å². The van der Waals surface area contributed by atoms with Crippen molar-refractivity contribution in [3.8, 4) is 11.3 Å². The van der Waals surface area contributed by atoms with Gasteiger partial charge in [-0.15, -0.1) is 0 Å². The lowest BCUT2D eigenvalue weighted by Gasteiger charge is -2.03. The van der Waals surface area contributed by atoms with E-state index in [2.05, 4.69) is 10.0 Å². The molecule has 0 bridgehead atoms. The molecule has 2 aromatic rings. The van der Waals surface area contributed by atoms with E-state index in [4.69, 9.17) is 4.42 Å². The predicted octanol–water partition coefficient (Wildman–Crippen LogP) is 1.72. The standard InChI is InChI=1S/C14H17FN2O3S/c1-21(18,19)17-9-8-16-10-13-6-7-14(20-13)11-2-4-12(15)5-3-11/h2-7,16-17H,8-10H2,1H3. The van der Waals surface area contributed by atoms with Gasteiger partial charge in [0.15, 0.2) is 0 Å². The fourth-order valence-corrected chi connectivity index (χ4v) is 2.25. The van der Waals surface area contributed by atoms with E-state index in [0.29, 0.717) is 25.4 Å². The van der Waals surface area contributed by atoms with Crippen LogP contribution >= 0.6 is 0 Å². The van der Waals surface area contributed by atoms with Gasteiger partial charge in [-0.3, -0.25) is 0 Å². The van der Waals surface area contributed by atoms with Gasteiger partial charge in [-0.2, -0.15) is 0 Å². The first-order valence-electron chi connectivity index (χ1n) is 6.44. The highest BCUT2D eigenvalue weighted by Crippen LogP contribution is 2.22. The second kappa shape index (κ2) is 6.84. The monoisotopic (exact) mass is 312 g/mol. The Morgan fingerprint density at radius 2 is 1.81 bits per heavy atom. The number of hydrogen-bond acceptors (Lipinski definition) is 4. The van der Waals surface area contributed by atoms with Gasteiger partial charge >= 0.3 is 0 Å². The third-order valence-electron chi connectivity index (χ3n) is 2.76. The van der Waals surface area contributed by atoms with Crippen LogP contribution in [0, 0.1) is 5.82 Å². The summed E-state index contributed by atoms with van der Waals surface area (Å²) in [5.74, 6) is 1.11. The molecule has 0 aliphatic carbocycles. The molecule has 0 unspecified atom stereocenters. The highest BCUT2D eigenvalue weighted by Gasteiger charge is 2.05. The van der Waals surface area contributed by atoms with E-state index < -0.39 is 10.0 Å². The Morgan fingerprint density at radius 1 is 1.10 bits per heavy atom. The molecule has 2 rings (SSSR count). The van der Waals surface area contributed by atoms with Gasteiger partial charge < -0.3 is 9.73 Å². The van der Waals surface area contributed by atoms with Crippen LogP contribution in [0.25, 0.3) is 11.3 Å². The van der Waals surface area contributed by atoms with Crippen LogP contribution in [0.15, 0.2) is 40.8 Å². The first-order chi connectivity index (χ1) is 9.94. The predicted molar refractivity (Wildman–Crippen MR) is 78.7 cm³/mol. The van der Waals surface area contributed by atoms with Gasteiger partial charge in [-0.25, -0.2) is 17.5 Å². The van der Waals surface area contributed by atoms with E-state index in [1.165, 1.54) is 12.1 Å².